The number of aromatic nitrogens is 2. The lowest BCUT2D eigenvalue weighted by Gasteiger charge is -1.99. The van der Waals surface area contributed by atoms with Crippen LogP contribution in [0, 0.1) is 0 Å². The second-order valence-corrected chi connectivity index (χ2v) is 5.37. The average Bonchev–Trinajstić information content (AvgIpc) is 2.85. The molecule has 2 rings (SSSR count). The Morgan fingerprint density at radius 2 is 2.35 bits per heavy atom. The largest absolute Gasteiger partial charge is 0.310 e. The number of nitrogens with one attached hydrogen (secondary N) is 1. The van der Waals surface area contributed by atoms with Crippen LogP contribution in [0.4, 0.5) is 0 Å². The number of thioether (sulfide) groups is 1. The molecule has 2 aromatic heterocycles. The number of rotatable bonds is 6. The summed E-state index contributed by atoms with van der Waals surface area (Å²) in [5.41, 5.74) is 2.05. The molecular weight excluding hydrogens is 250 g/mol. The molecule has 0 fully saturated rings. The highest BCUT2D eigenvalue weighted by molar-refractivity contribution is 7.98. The first kappa shape index (κ1) is 12.5. The first-order chi connectivity index (χ1) is 8.40. The van der Waals surface area contributed by atoms with Gasteiger partial charge in [-0.15, -0.1) is 11.3 Å². The van der Waals surface area contributed by atoms with E-state index in [0.717, 1.165) is 35.2 Å². The molecule has 0 saturated heterocycles. The molecule has 0 aliphatic heterocycles. The molecule has 0 saturated carbocycles. The molecule has 2 heterocycles. The lowest BCUT2D eigenvalue weighted by atomic mass is 10.4. The molecule has 1 N–H and O–H groups in total. The van der Waals surface area contributed by atoms with Crippen LogP contribution in [-0.4, -0.2) is 28.5 Å². The van der Waals surface area contributed by atoms with Crippen molar-refractivity contribution in [1.29, 1.82) is 0 Å². The lowest BCUT2D eigenvalue weighted by Crippen LogP contribution is -2.16. The van der Waals surface area contributed by atoms with Gasteiger partial charge in [0.1, 0.15) is 5.01 Å². The van der Waals surface area contributed by atoms with Gasteiger partial charge in [0.15, 0.2) is 0 Å². The fourth-order valence-corrected chi connectivity index (χ4v) is 2.53. The van der Waals surface area contributed by atoms with Gasteiger partial charge in [-0.3, -0.25) is 4.98 Å². The van der Waals surface area contributed by atoms with E-state index in [2.05, 4.69) is 26.9 Å². The first-order valence-corrected chi connectivity index (χ1v) is 7.73. The fraction of sp³-hybridized carbons (Fsp3) is 0.333. The Kier molecular flexibility index (Phi) is 4.97. The second kappa shape index (κ2) is 6.74. The van der Waals surface area contributed by atoms with Crippen molar-refractivity contribution in [3.63, 3.8) is 0 Å². The van der Waals surface area contributed by atoms with E-state index in [1.165, 1.54) is 0 Å². The molecule has 0 unspecified atom stereocenters. The van der Waals surface area contributed by atoms with Gasteiger partial charge in [-0.1, -0.05) is 6.07 Å². The molecule has 3 nitrogen and oxygen atoms in total. The predicted octanol–water partition coefficient (Wildman–Crippen LogP) is 2.66. The van der Waals surface area contributed by atoms with Crippen molar-refractivity contribution in [2.75, 3.05) is 18.6 Å². The highest BCUT2D eigenvalue weighted by Gasteiger charge is 2.04. The van der Waals surface area contributed by atoms with Crippen molar-refractivity contribution in [3.8, 4) is 10.7 Å². The fourth-order valence-electron chi connectivity index (χ4n) is 1.39. The Balaban J connectivity index is 1.92. The Labute approximate surface area is 110 Å². The molecule has 2 aromatic rings. The Morgan fingerprint density at radius 3 is 3.12 bits per heavy atom. The van der Waals surface area contributed by atoms with Gasteiger partial charge in [0.2, 0.25) is 0 Å². The minimum absolute atomic E-state index is 0.837. The van der Waals surface area contributed by atoms with Gasteiger partial charge < -0.3 is 5.32 Å². The molecule has 5 heteroatoms. The van der Waals surface area contributed by atoms with Gasteiger partial charge in [-0.2, -0.15) is 11.8 Å². The van der Waals surface area contributed by atoms with Gasteiger partial charge in [-0.25, -0.2) is 4.98 Å². The standard InChI is InChI=1S/C12H15N3S2/c1-16-7-6-13-8-10-9-17-12(15-10)11-4-2-3-5-14-11/h2-5,9,13H,6-8H2,1H3. The van der Waals surface area contributed by atoms with Crippen LogP contribution >= 0.6 is 23.1 Å². The third-order valence-corrected chi connectivity index (χ3v) is 3.75. The molecule has 90 valence electrons. The van der Waals surface area contributed by atoms with Crippen LogP contribution in [-0.2, 0) is 6.54 Å². The lowest BCUT2D eigenvalue weighted by molar-refractivity contribution is 0.720. The van der Waals surface area contributed by atoms with E-state index >= 15 is 0 Å². The summed E-state index contributed by atoms with van der Waals surface area (Å²) in [6.07, 6.45) is 3.91. The van der Waals surface area contributed by atoms with E-state index in [0.29, 0.717) is 0 Å². The smallest absolute Gasteiger partial charge is 0.142 e. The summed E-state index contributed by atoms with van der Waals surface area (Å²) in [6.45, 7) is 1.86. The van der Waals surface area contributed by atoms with E-state index in [1.54, 1.807) is 17.5 Å². The van der Waals surface area contributed by atoms with Crippen LogP contribution < -0.4 is 5.32 Å². The molecule has 0 amide bonds. The van der Waals surface area contributed by atoms with Gasteiger partial charge >= 0.3 is 0 Å². The second-order valence-electron chi connectivity index (χ2n) is 3.53. The first-order valence-electron chi connectivity index (χ1n) is 5.45. The van der Waals surface area contributed by atoms with Gasteiger partial charge in [0.05, 0.1) is 11.4 Å². The molecule has 0 radical (unpaired) electrons. The number of hydrogen-bond acceptors (Lipinski definition) is 5. The Hall–Kier alpha value is -0.910. The van der Waals surface area contributed by atoms with Crippen LogP contribution in [0.15, 0.2) is 29.8 Å². The van der Waals surface area contributed by atoms with E-state index < -0.39 is 0 Å². The number of pyridine rings is 1. The van der Waals surface area contributed by atoms with Crippen LogP contribution in [0.3, 0.4) is 0 Å². The SMILES string of the molecule is CSCCNCc1csc(-c2ccccn2)n1. The van der Waals surface area contributed by atoms with Crippen LogP contribution in [0.1, 0.15) is 5.69 Å². The van der Waals surface area contributed by atoms with E-state index in [1.807, 2.05) is 30.0 Å². The Bertz CT molecular complexity index is 442. The molecule has 0 aromatic carbocycles. The zero-order valence-electron chi connectivity index (χ0n) is 9.72. The molecule has 17 heavy (non-hydrogen) atoms. The average molecular weight is 265 g/mol. The summed E-state index contributed by atoms with van der Waals surface area (Å²) >= 11 is 3.50. The molecule has 0 aliphatic rings. The molecule has 0 bridgehead atoms. The molecule has 0 aliphatic carbocycles. The van der Waals surface area contributed by atoms with Gasteiger partial charge in [-0.05, 0) is 18.4 Å². The zero-order valence-corrected chi connectivity index (χ0v) is 11.4. The monoisotopic (exact) mass is 265 g/mol. The summed E-state index contributed by atoms with van der Waals surface area (Å²) in [4.78, 5) is 8.86. The summed E-state index contributed by atoms with van der Waals surface area (Å²) < 4.78 is 0. The minimum atomic E-state index is 0.837. The highest BCUT2D eigenvalue weighted by Crippen LogP contribution is 2.20. The normalized spacial score (nSPS) is 10.6. The summed E-state index contributed by atoms with van der Waals surface area (Å²) in [5, 5.41) is 6.46. The number of nitrogens with zero attached hydrogens (tertiary/aromatic N) is 2. The van der Waals surface area contributed by atoms with Gasteiger partial charge in [0, 0.05) is 30.4 Å². The topological polar surface area (TPSA) is 37.8 Å². The maximum Gasteiger partial charge on any atom is 0.142 e. The highest BCUT2D eigenvalue weighted by atomic mass is 32.2. The quantitative estimate of drug-likeness (QED) is 0.815. The van der Waals surface area contributed by atoms with Crippen molar-refractivity contribution in [3.05, 3.63) is 35.5 Å². The molecule has 0 atom stereocenters. The van der Waals surface area contributed by atoms with E-state index in [9.17, 15) is 0 Å². The van der Waals surface area contributed by atoms with Crippen molar-refractivity contribution in [2.45, 2.75) is 6.54 Å². The van der Waals surface area contributed by atoms with Crippen molar-refractivity contribution in [2.24, 2.45) is 0 Å². The molecule has 0 spiro atoms. The van der Waals surface area contributed by atoms with Crippen LogP contribution in [0.2, 0.25) is 0 Å². The Morgan fingerprint density at radius 1 is 1.41 bits per heavy atom. The maximum absolute atomic E-state index is 4.56. The van der Waals surface area contributed by atoms with E-state index in [-0.39, 0.29) is 0 Å². The summed E-state index contributed by atoms with van der Waals surface area (Å²) in [5.74, 6) is 1.14. The van der Waals surface area contributed by atoms with Crippen LogP contribution in [0.5, 0.6) is 0 Å². The summed E-state index contributed by atoms with van der Waals surface area (Å²) in [7, 11) is 0. The number of thiazole rings is 1. The van der Waals surface area contributed by atoms with E-state index in [4.69, 9.17) is 0 Å². The third kappa shape index (κ3) is 3.80. The molecular formula is C12H15N3S2. The van der Waals surface area contributed by atoms with Crippen LogP contribution in [0.25, 0.3) is 10.7 Å². The minimum Gasteiger partial charge on any atom is -0.310 e. The third-order valence-electron chi connectivity index (χ3n) is 2.22. The van der Waals surface area contributed by atoms with Crippen molar-refractivity contribution in [1.82, 2.24) is 15.3 Å². The predicted molar refractivity (Wildman–Crippen MR) is 75.4 cm³/mol. The zero-order chi connectivity index (χ0) is 11.9. The maximum atomic E-state index is 4.56. The van der Waals surface area contributed by atoms with Crippen molar-refractivity contribution < 1.29 is 0 Å². The van der Waals surface area contributed by atoms with Crippen molar-refractivity contribution >= 4 is 23.1 Å². The summed E-state index contributed by atoms with van der Waals surface area (Å²) in [6, 6.07) is 5.89. The van der Waals surface area contributed by atoms with Gasteiger partial charge in [0.25, 0.3) is 0 Å². The number of hydrogen-bond donors (Lipinski definition) is 1.